The molecule has 0 aromatic heterocycles. The molecule has 0 amide bonds. The molecule has 1 rings (SSSR count). The van der Waals surface area contributed by atoms with Crippen molar-refractivity contribution in [2.45, 2.75) is 40.4 Å². The van der Waals surface area contributed by atoms with E-state index in [0.717, 1.165) is 0 Å². The van der Waals surface area contributed by atoms with E-state index in [1.54, 1.807) is 0 Å². The second-order valence-corrected chi connectivity index (χ2v) is 4.25. The molecule has 0 spiro atoms. The quantitative estimate of drug-likeness (QED) is 0.736. The summed E-state index contributed by atoms with van der Waals surface area (Å²) < 4.78 is 81.6. The van der Waals surface area contributed by atoms with Crippen molar-refractivity contribution >= 4 is 0 Å². The van der Waals surface area contributed by atoms with Gasteiger partial charge >= 0.3 is 12.7 Å². The smallest absolute Gasteiger partial charge is 0.405 e. The molecule has 20 heavy (non-hydrogen) atoms. The number of hydrogen-bond donors (Lipinski definition) is 0. The third-order valence-corrected chi connectivity index (χ3v) is 2.92. The maximum Gasteiger partial charge on any atom is 0.573 e. The van der Waals surface area contributed by atoms with Gasteiger partial charge in [0.1, 0.15) is 11.5 Å². The first-order valence-electron chi connectivity index (χ1n) is 5.45. The summed E-state index contributed by atoms with van der Waals surface area (Å²) in [6, 6.07) is 0. The van der Waals surface area contributed by atoms with E-state index in [1.807, 2.05) is 0 Å². The molecule has 114 valence electrons. The van der Waals surface area contributed by atoms with Crippen molar-refractivity contribution < 1.29 is 35.8 Å². The van der Waals surface area contributed by atoms with Crippen molar-refractivity contribution in [1.29, 1.82) is 0 Å². The van der Waals surface area contributed by atoms with Crippen LogP contribution < -0.4 is 9.47 Å². The Hall–Kier alpha value is -1.60. The zero-order valence-electron chi connectivity index (χ0n) is 11.1. The summed E-state index contributed by atoms with van der Waals surface area (Å²) in [5.41, 5.74) is -0.205. The Morgan fingerprint density at radius 2 is 0.750 bits per heavy atom. The Kier molecular flexibility index (Phi) is 4.17. The molecule has 1 aromatic carbocycles. The van der Waals surface area contributed by atoms with Gasteiger partial charge in [0.05, 0.1) is 0 Å². The van der Waals surface area contributed by atoms with Gasteiger partial charge < -0.3 is 9.47 Å². The van der Waals surface area contributed by atoms with Gasteiger partial charge in [-0.3, -0.25) is 0 Å². The number of halogens is 6. The van der Waals surface area contributed by atoms with E-state index in [4.69, 9.17) is 0 Å². The summed E-state index contributed by atoms with van der Waals surface area (Å²) in [5, 5.41) is 0. The molecule has 0 saturated carbocycles. The fraction of sp³-hybridized carbons (Fsp3) is 0.500. The number of rotatable bonds is 2. The maximum atomic E-state index is 12.3. The van der Waals surface area contributed by atoms with E-state index < -0.39 is 24.2 Å². The zero-order chi connectivity index (χ0) is 15.9. The van der Waals surface area contributed by atoms with Gasteiger partial charge in [0.2, 0.25) is 0 Å². The molecule has 0 aliphatic rings. The normalized spacial score (nSPS) is 12.5. The third kappa shape index (κ3) is 3.71. The van der Waals surface area contributed by atoms with Crippen LogP contribution in [0.5, 0.6) is 11.5 Å². The van der Waals surface area contributed by atoms with Gasteiger partial charge in [0.25, 0.3) is 0 Å². The predicted molar refractivity (Wildman–Crippen MR) is 58.8 cm³/mol. The van der Waals surface area contributed by atoms with Crippen molar-refractivity contribution in [3.8, 4) is 11.5 Å². The average molecular weight is 302 g/mol. The van der Waals surface area contributed by atoms with E-state index in [2.05, 4.69) is 9.47 Å². The number of ether oxygens (including phenoxy) is 2. The average Bonchev–Trinajstić information content (AvgIpc) is 2.25. The Bertz CT molecular complexity index is 440. The van der Waals surface area contributed by atoms with E-state index >= 15 is 0 Å². The molecular weight excluding hydrogens is 290 g/mol. The van der Waals surface area contributed by atoms with Gasteiger partial charge in [-0.25, -0.2) is 0 Å². The number of hydrogen-bond acceptors (Lipinski definition) is 2. The van der Waals surface area contributed by atoms with Crippen LogP contribution in [0.2, 0.25) is 0 Å². The molecule has 0 aliphatic carbocycles. The van der Waals surface area contributed by atoms with E-state index in [-0.39, 0.29) is 22.3 Å². The van der Waals surface area contributed by atoms with Gasteiger partial charge in [-0.1, -0.05) is 0 Å². The summed E-state index contributed by atoms with van der Waals surface area (Å²) >= 11 is 0. The van der Waals surface area contributed by atoms with Crippen LogP contribution in [0.1, 0.15) is 22.3 Å². The molecule has 0 fully saturated rings. The summed E-state index contributed by atoms with van der Waals surface area (Å²) in [6.45, 7) is 4.97. The summed E-state index contributed by atoms with van der Waals surface area (Å²) in [5.74, 6) is -0.996. The highest BCUT2D eigenvalue weighted by molar-refractivity contribution is 5.57. The molecule has 2 nitrogen and oxygen atoms in total. The molecule has 0 radical (unpaired) electrons. The molecule has 0 saturated heterocycles. The standard InChI is InChI=1S/C12H12F6O2/c1-5-6(2)10(20-12(16,17)18)8(4)7(3)9(5)19-11(13,14)15/h1-4H3. The van der Waals surface area contributed by atoms with Crippen LogP contribution in [0, 0.1) is 27.7 Å². The molecule has 0 bridgehead atoms. The highest BCUT2D eigenvalue weighted by Crippen LogP contribution is 2.41. The first-order chi connectivity index (χ1) is 8.83. The SMILES string of the molecule is Cc1c(C)c(OC(F)(F)F)c(C)c(C)c1OC(F)(F)F. The minimum atomic E-state index is -4.92. The van der Waals surface area contributed by atoms with Gasteiger partial charge in [-0.15, -0.1) is 26.3 Å². The minimum Gasteiger partial charge on any atom is -0.405 e. The molecule has 8 heteroatoms. The second-order valence-electron chi connectivity index (χ2n) is 4.25. The maximum absolute atomic E-state index is 12.3. The zero-order valence-corrected chi connectivity index (χ0v) is 11.1. The first-order valence-corrected chi connectivity index (χ1v) is 5.45. The van der Waals surface area contributed by atoms with Crippen molar-refractivity contribution in [2.24, 2.45) is 0 Å². The van der Waals surface area contributed by atoms with Crippen LogP contribution in [0.25, 0.3) is 0 Å². The molecule has 1 aromatic rings. The van der Waals surface area contributed by atoms with Crippen molar-refractivity contribution in [3.63, 3.8) is 0 Å². The summed E-state index contributed by atoms with van der Waals surface area (Å²) in [4.78, 5) is 0. The molecular formula is C12H12F6O2. The summed E-state index contributed by atoms with van der Waals surface area (Å²) in [7, 11) is 0. The van der Waals surface area contributed by atoms with Gasteiger partial charge in [-0.2, -0.15) is 0 Å². The number of benzene rings is 1. The van der Waals surface area contributed by atoms with Gasteiger partial charge in [-0.05, 0) is 49.9 Å². The monoisotopic (exact) mass is 302 g/mol. The number of alkyl halides is 6. The highest BCUT2D eigenvalue weighted by Gasteiger charge is 2.36. The Morgan fingerprint density at radius 3 is 0.900 bits per heavy atom. The van der Waals surface area contributed by atoms with Crippen LogP contribution in [-0.2, 0) is 0 Å². The molecule has 0 unspecified atom stereocenters. The summed E-state index contributed by atoms with van der Waals surface area (Å²) in [6.07, 6.45) is -9.83. The molecule has 0 N–H and O–H groups in total. The molecule has 0 atom stereocenters. The van der Waals surface area contributed by atoms with Gasteiger partial charge in [0.15, 0.2) is 0 Å². The third-order valence-electron chi connectivity index (χ3n) is 2.92. The van der Waals surface area contributed by atoms with Crippen LogP contribution >= 0.6 is 0 Å². The van der Waals surface area contributed by atoms with Crippen LogP contribution in [0.4, 0.5) is 26.3 Å². The van der Waals surface area contributed by atoms with Crippen molar-refractivity contribution in [1.82, 2.24) is 0 Å². The van der Waals surface area contributed by atoms with Crippen LogP contribution in [0.15, 0.2) is 0 Å². The largest absolute Gasteiger partial charge is 0.573 e. The fourth-order valence-corrected chi connectivity index (χ4v) is 1.78. The van der Waals surface area contributed by atoms with E-state index in [9.17, 15) is 26.3 Å². The Balaban J connectivity index is 3.42. The fourth-order valence-electron chi connectivity index (χ4n) is 1.78. The van der Waals surface area contributed by atoms with Crippen molar-refractivity contribution in [3.05, 3.63) is 22.3 Å². The van der Waals surface area contributed by atoms with Crippen LogP contribution in [0.3, 0.4) is 0 Å². The van der Waals surface area contributed by atoms with E-state index in [1.165, 1.54) is 27.7 Å². The van der Waals surface area contributed by atoms with E-state index in [0.29, 0.717) is 0 Å². The highest BCUT2D eigenvalue weighted by atomic mass is 19.4. The van der Waals surface area contributed by atoms with Crippen LogP contribution in [-0.4, -0.2) is 12.7 Å². The predicted octanol–water partition coefficient (Wildman–Crippen LogP) is 4.72. The minimum absolute atomic E-state index is 0.0512. The lowest BCUT2D eigenvalue weighted by molar-refractivity contribution is -0.277. The lowest BCUT2D eigenvalue weighted by atomic mass is 9.98. The molecule has 0 aliphatic heterocycles. The Labute approximate surface area is 111 Å². The van der Waals surface area contributed by atoms with Crippen molar-refractivity contribution in [2.75, 3.05) is 0 Å². The van der Waals surface area contributed by atoms with Gasteiger partial charge in [0, 0.05) is 0 Å². The second kappa shape index (κ2) is 5.06. The molecule has 0 heterocycles. The lowest BCUT2D eigenvalue weighted by Crippen LogP contribution is -2.21. The lowest BCUT2D eigenvalue weighted by Gasteiger charge is -2.22. The first kappa shape index (κ1) is 16.5. The Morgan fingerprint density at radius 1 is 0.550 bits per heavy atom. The topological polar surface area (TPSA) is 18.5 Å².